The third-order valence-corrected chi connectivity index (χ3v) is 8.39. The molecule has 0 N–H and O–H groups in total. The Morgan fingerprint density at radius 1 is 0.667 bits per heavy atom. The van der Waals surface area contributed by atoms with Crippen molar-refractivity contribution in [2.45, 2.75) is 33.1 Å². The van der Waals surface area contributed by atoms with Gasteiger partial charge in [0, 0.05) is 23.3 Å². The van der Waals surface area contributed by atoms with Gasteiger partial charge in [-0.15, -0.1) is 0 Å². The van der Waals surface area contributed by atoms with Crippen LogP contribution in [0, 0.1) is 0 Å². The van der Waals surface area contributed by atoms with Gasteiger partial charge in [0.25, 0.3) is 0 Å². The molecule has 4 aromatic rings. The van der Waals surface area contributed by atoms with Crippen LogP contribution in [-0.4, -0.2) is 22.5 Å². The molecule has 1 unspecified atom stereocenters. The van der Waals surface area contributed by atoms with Crippen LogP contribution in [0.1, 0.15) is 54.5 Å². The molecule has 0 saturated heterocycles. The van der Waals surface area contributed by atoms with E-state index in [1.807, 2.05) is 0 Å². The fraction of sp³-hybridized carbons (Fsp3) is 0.167. The minimum absolute atomic E-state index is 0.210. The molecule has 190 valence electrons. The fourth-order valence-corrected chi connectivity index (χ4v) is 6.60. The van der Waals surface area contributed by atoms with E-state index in [1.165, 1.54) is 61.5 Å². The van der Waals surface area contributed by atoms with Crippen molar-refractivity contribution in [3.8, 4) is 11.1 Å². The molecule has 2 aliphatic heterocycles. The van der Waals surface area contributed by atoms with Crippen LogP contribution in [0.2, 0.25) is 0 Å². The van der Waals surface area contributed by atoms with E-state index in [-0.39, 0.29) is 5.92 Å². The van der Waals surface area contributed by atoms with Gasteiger partial charge in [-0.1, -0.05) is 110 Å². The molecule has 1 atom stereocenters. The van der Waals surface area contributed by atoms with Crippen LogP contribution in [0.3, 0.4) is 0 Å². The first-order valence-electron chi connectivity index (χ1n) is 13.8. The number of benzene rings is 4. The van der Waals surface area contributed by atoms with Gasteiger partial charge in [0.15, 0.2) is 18.0 Å². The highest BCUT2D eigenvalue weighted by Crippen LogP contribution is 2.48. The van der Waals surface area contributed by atoms with Crippen molar-refractivity contribution in [2.75, 3.05) is 6.54 Å². The van der Waals surface area contributed by atoms with Crippen molar-refractivity contribution < 1.29 is 4.58 Å². The van der Waals surface area contributed by atoms with Gasteiger partial charge in [-0.2, -0.15) is 4.58 Å². The van der Waals surface area contributed by atoms with E-state index in [0.717, 1.165) is 24.4 Å². The molecule has 0 saturated carbocycles. The monoisotopic (exact) mass is 505 g/mol. The normalized spacial score (nSPS) is 16.8. The summed E-state index contributed by atoms with van der Waals surface area (Å²) in [6.07, 6.45) is 0.990. The number of hydrogen-bond donors (Lipinski definition) is 0. The zero-order chi connectivity index (χ0) is 26.5. The van der Waals surface area contributed by atoms with Gasteiger partial charge in [0.05, 0.1) is 11.5 Å². The van der Waals surface area contributed by atoms with Gasteiger partial charge in [0.2, 0.25) is 0 Å². The molecule has 7 rings (SSSR count). The second kappa shape index (κ2) is 9.36. The molecule has 0 radical (unpaired) electrons. The lowest BCUT2D eigenvalue weighted by Crippen LogP contribution is -2.35. The predicted molar refractivity (Wildman–Crippen MR) is 161 cm³/mol. The minimum Gasteiger partial charge on any atom is -0.574 e. The summed E-state index contributed by atoms with van der Waals surface area (Å²) in [6.45, 7) is 7.46. The van der Waals surface area contributed by atoms with Gasteiger partial charge in [-0.25, -0.2) is 0 Å². The molecule has 0 amide bonds. The summed E-state index contributed by atoms with van der Waals surface area (Å²) in [6, 6.07) is 37.3. The van der Waals surface area contributed by atoms with Crippen LogP contribution < -0.4 is 0 Å². The van der Waals surface area contributed by atoms with Crippen molar-refractivity contribution in [3.63, 3.8) is 0 Å². The fourth-order valence-electron chi connectivity index (χ4n) is 6.60. The summed E-state index contributed by atoms with van der Waals surface area (Å²) in [4.78, 5) is 0. The average Bonchev–Trinajstić information content (AvgIpc) is 3.32. The minimum atomic E-state index is 0.210. The highest BCUT2D eigenvalue weighted by atomic mass is 15.3. The third-order valence-electron chi connectivity index (χ3n) is 8.39. The molecule has 0 fully saturated rings. The molecule has 0 bridgehead atoms. The zero-order valence-corrected chi connectivity index (χ0v) is 22.6. The summed E-state index contributed by atoms with van der Waals surface area (Å²) >= 11 is 0. The highest BCUT2D eigenvalue weighted by Gasteiger charge is 2.38. The molecule has 0 spiro atoms. The molecule has 2 heterocycles. The van der Waals surface area contributed by atoms with E-state index in [4.69, 9.17) is 10.5 Å². The summed E-state index contributed by atoms with van der Waals surface area (Å²) in [5.74, 6) is 0.210. The lowest BCUT2D eigenvalue weighted by molar-refractivity contribution is -0.476. The maximum atomic E-state index is 4.70. The Kier molecular flexibility index (Phi) is 5.66. The third kappa shape index (κ3) is 3.72. The lowest BCUT2D eigenvalue weighted by atomic mass is 9.84. The van der Waals surface area contributed by atoms with Crippen molar-refractivity contribution >= 4 is 17.0 Å². The Balaban J connectivity index is 1.55. The van der Waals surface area contributed by atoms with Crippen LogP contribution in [0.4, 0.5) is 0 Å². The average molecular weight is 506 g/mol. The van der Waals surface area contributed by atoms with Crippen molar-refractivity contribution in [2.24, 2.45) is 5.10 Å². The van der Waals surface area contributed by atoms with Gasteiger partial charge in [-0.3, -0.25) is 0 Å². The van der Waals surface area contributed by atoms with E-state index < -0.39 is 0 Å². The van der Waals surface area contributed by atoms with Gasteiger partial charge < -0.3 is 10.5 Å². The van der Waals surface area contributed by atoms with Crippen molar-refractivity contribution in [1.82, 2.24) is 0 Å². The Bertz CT molecular complexity index is 1700. The van der Waals surface area contributed by atoms with E-state index in [0.29, 0.717) is 0 Å². The first-order chi connectivity index (χ1) is 19.1. The number of fused-ring (bicyclic) bond motifs is 4. The van der Waals surface area contributed by atoms with Gasteiger partial charge in [-0.05, 0) is 53.3 Å². The number of hydrogen-bond acceptors (Lipinski definition) is 1. The summed E-state index contributed by atoms with van der Waals surface area (Å²) in [5, 5.41) is 4.69. The first-order valence-corrected chi connectivity index (χ1v) is 13.8. The van der Waals surface area contributed by atoms with Gasteiger partial charge in [0.1, 0.15) is 0 Å². The van der Waals surface area contributed by atoms with Crippen LogP contribution in [-0.2, 0) is 6.42 Å². The van der Waals surface area contributed by atoms with Crippen LogP contribution >= 0.6 is 0 Å². The van der Waals surface area contributed by atoms with Crippen LogP contribution in [0.25, 0.3) is 22.1 Å². The number of nitrogens with zero attached hydrogens (tertiary/aromatic N) is 3. The maximum absolute atomic E-state index is 4.70. The molecule has 4 aromatic carbocycles. The standard InChI is InChI=1S/C36H31N3/c1-23(26-13-5-4-6-14-26)35-28-16-8-7-15-27(28)21-22-39(35)36-25(3)38-37-24(2)33(36)34-31-19-11-9-17-29(31)30-18-10-12-20-32(30)34/h4-20,23H,21-22H2,1-3H3. The number of allylic oxidation sites excluding steroid dienone is 2. The van der Waals surface area contributed by atoms with E-state index in [9.17, 15) is 0 Å². The molecular formula is C36H31N3. The Hall–Kier alpha value is -4.50. The van der Waals surface area contributed by atoms with Gasteiger partial charge >= 0.3 is 0 Å². The molecule has 3 nitrogen and oxygen atoms in total. The largest absolute Gasteiger partial charge is 0.574 e. The van der Waals surface area contributed by atoms with Crippen molar-refractivity contribution in [3.05, 3.63) is 153 Å². The topological polar surface area (TPSA) is 29.5 Å². The predicted octanol–water partition coefficient (Wildman–Crippen LogP) is 8.33. The van der Waals surface area contributed by atoms with E-state index in [1.54, 1.807) is 0 Å². The summed E-state index contributed by atoms with van der Waals surface area (Å²) in [7, 11) is 0. The summed E-state index contributed by atoms with van der Waals surface area (Å²) in [5.41, 5.74) is 20.8. The quantitative estimate of drug-likeness (QED) is 0.221. The molecule has 39 heavy (non-hydrogen) atoms. The molecule has 3 heteroatoms. The number of rotatable bonds is 3. The van der Waals surface area contributed by atoms with Crippen molar-refractivity contribution in [1.29, 1.82) is 0 Å². The zero-order valence-electron chi connectivity index (χ0n) is 22.6. The highest BCUT2D eigenvalue weighted by molar-refractivity contribution is 6.17. The second-order valence-electron chi connectivity index (χ2n) is 10.6. The van der Waals surface area contributed by atoms with Crippen LogP contribution in [0.15, 0.2) is 125 Å². The molecule has 3 aliphatic rings. The summed E-state index contributed by atoms with van der Waals surface area (Å²) < 4.78 is 2.56. The van der Waals surface area contributed by atoms with Crippen LogP contribution in [0.5, 0.6) is 0 Å². The molecular weight excluding hydrogens is 474 g/mol. The SMILES string of the molecule is CC1=N[N-]C(C)=C([N+]2=C(C(C)c3ccccc3)c3ccccc3CC2)C1=C1c2ccccc2-c2ccccc21. The first kappa shape index (κ1) is 23.6. The maximum Gasteiger partial charge on any atom is 0.197 e. The molecule has 1 aliphatic carbocycles. The van der Waals surface area contributed by atoms with E-state index >= 15 is 0 Å². The lowest BCUT2D eigenvalue weighted by Gasteiger charge is -2.32. The Morgan fingerprint density at radius 2 is 1.23 bits per heavy atom. The van der Waals surface area contributed by atoms with E-state index in [2.05, 4.69) is 128 Å². The Morgan fingerprint density at radius 3 is 1.90 bits per heavy atom. The smallest absolute Gasteiger partial charge is 0.197 e. The second-order valence-corrected chi connectivity index (χ2v) is 10.6. The Labute approximate surface area is 230 Å². The molecule has 0 aromatic heterocycles.